The predicted molar refractivity (Wildman–Crippen MR) is 102 cm³/mol. The van der Waals surface area contributed by atoms with Gasteiger partial charge in [0.15, 0.2) is 5.78 Å². The van der Waals surface area contributed by atoms with Crippen LogP contribution in [0.3, 0.4) is 0 Å². The molecule has 10 nitrogen and oxygen atoms in total. The van der Waals surface area contributed by atoms with Gasteiger partial charge in [-0.2, -0.15) is 0 Å². The second kappa shape index (κ2) is 9.01. The van der Waals surface area contributed by atoms with Crippen molar-refractivity contribution in [3.63, 3.8) is 0 Å². The predicted octanol–water partition coefficient (Wildman–Crippen LogP) is 0.900. The summed E-state index contributed by atoms with van der Waals surface area (Å²) in [4.78, 5) is 18.4. The zero-order valence-electron chi connectivity index (χ0n) is 16.4. The lowest BCUT2D eigenvalue weighted by Gasteiger charge is -2.25. The zero-order valence-corrected chi connectivity index (χ0v) is 16.4. The Morgan fingerprint density at radius 3 is 2.70 bits per heavy atom. The Kier molecular flexibility index (Phi) is 6.00. The molecule has 0 unspecified atom stereocenters. The van der Waals surface area contributed by atoms with E-state index in [0.717, 1.165) is 19.3 Å². The van der Waals surface area contributed by atoms with Gasteiger partial charge in [0, 0.05) is 26.2 Å². The molecule has 156 valence electrons. The molecule has 3 aromatic heterocycles. The van der Waals surface area contributed by atoms with Crippen molar-refractivity contribution in [1.29, 1.82) is 0 Å². The van der Waals surface area contributed by atoms with Gasteiger partial charge in [-0.05, 0) is 18.2 Å². The summed E-state index contributed by atoms with van der Waals surface area (Å²) in [5.41, 5.74) is 1.90. The minimum atomic E-state index is -0.432. The third-order valence-electron chi connectivity index (χ3n) is 4.67. The van der Waals surface area contributed by atoms with Crippen LogP contribution < -0.4 is 4.74 Å². The molecule has 0 spiro atoms. The van der Waals surface area contributed by atoms with E-state index in [1.54, 1.807) is 23.9 Å². The molecule has 0 radical (unpaired) electrons. The number of nitrogens with zero attached hydrogens (tertiary/aromatic N) is 7. The molecule has 3 aromatic rings. The molecule has 0 aliphatic carbocycles. The van der Waals surface area contributed by atoms with Gasteiger partial charge in [0.25, 0.3) is 0 Å². The molecule has 0 amide bonds. The first kappa shape index (κ1) is 20.0. The molecule has 30 heavy (non-hydrogen) atoms. The lowest BCUT2D eigenvalue weighted by molar-refractivity contribution is 0.0370. The first-order chi connectivity index (χ1) is 14.6. The van der Waals surface area contributed by atoms with Crippen molar-refractivity contribution < 1.29 is 18.7 Å². The topological polar surface area (TPSA) is 108 Å². The van der Waals surface area contributed by atoms with Crippen molar-refractivity contribution in [2.75, 3.05) is 32.8 Å². The van der Waals surface area contributed by atoms with Gasteiger partial charge in [0.2, 0.25) is 5.88 Å². The van der Waals surface area contributed by atoms with Crippen molar-refractivity contribution in [3.8, 4) is 17.3 Å². The highest BCUT2D eigenvalue weighted by atomic mass is 19.1. The van der Waals surface area contributed by atoms with Gasteiger partial charge in [-0.15, -0.1) is 15.3 Å². The van der Waals surface area contributed by atoms with E-state index in [1.165, 1.54) is 12.1 Å². The van der Waals surface area contributed by atoms with Crippen molar-refractivity contribution >= 4 is 5.78 Å². The molecule has 0 N–H and O–H groups in total. The average Bonchev–Trinajstić information content (AvgIpc) is 3.14. The van der Waals surface area contributed by atoms with Crippen molar-refractivity contribution in [3.05, 3.63) is 47.7 Å². The van der Waals surface area contributed by atoms with Gasteiger partial charge in [-0.25, -0.2) is 9.07 Å². The Morgan fingerprint density at radius 1 is 1.17 bits per heavy atom. The summed E-state index contributed by atoms with van der Waals surface area (Å²) in [5.74, 6) is -0.271. The van der Waals surface area contributed by atoms with Crippen LogP contribution in [-0.4, -0.2) is 73.7 Å². The summed E-state index contributed by atoms with van der Waals surface area (Å²) in [6, 6.07) is 6.02. The fourth-order valence-corrected chi connectivity index (χ4v) is 2.98. The normalized spacial score (nSPS) is 14.6. The third kappa shape index (κ3) is 4.63. The number of hydrogen-bond donors (Lipinski definition) is 0. The van der Waals surface area contributed by atoms with E-state index in [0.29, 0.717) is 30.3 Å². The number of rotatable bonds is 7. The molecule has 4 heterocycles. The highest BCUT2D eigenvalue weighted by Crippen LogP contribution is 2.20. The second-order valence-electron chi connectivity index (χ2n) is 6.73. The minimum absolute atomic E-state index is 0.101. The van der Waals surface area contributed by atoms with Crippen LogP contribution in [-0.2, 0) is 18.4 Å². The zero-order chi connectivity index (χ0) is 20.9. The summed E-state index contributed by atoms with van der Waals surface area (Å²) < 4.78 is 25.6. The largest absolute Gasteiger partial charge is 0.470 e. The van der Waals surface area contributed by atoms with Crippen LogP contribution in [0.15, 0.2) is 30.5 Å². The second-order valence-corrected chi connectivity index (χ2v) is 6.73. The van der Waals surface area contributed by atoms with Crippen molar-refractivity contribution in [2.45, 2.75) is 6.61 Å². The summed E-state index contributed by atoms with van der Waals surface area (Å²) in [6.07, 6.45) is 1.12. The lowest BCUT2D eigenvalue weighted by atomic mass is 10.2. The number of Topliss-reactive ketones (excluding diaryl/α,β-unsaturated/α-hetero) is 1. The Hall–Kier alpha value is -3.31. The standard InChI is InChI=1S/C19H20FN7O3/c1-26-16(19(24-25-26)15-3-2-13(20)10-21-15)12-30-18-5-4-14(22-23-18)17(28)11-27-6-8-29-9-7-27/h2-5,10H,6-9,11-12H2,1H3. The first-order valence-electron chi connectivity index (χ1n) is 9.40. The molecule has 1 saturated heterocycles. The third-order valence-corrected chi connectivity index (χ3v) is 4.67. The summed E-state index contributed by atoms with van der Waals surface area (Å²) >= 11 is 0. The maximum atomic E-state index is 13.1. The van der Waals surface area contributed by atoms with Crippen LogP contribution in [0.25, 0.3) is 11.4 Å². The highest BCUT2D eigenvalue weighted by molar-refractivity contribution is 5.95. The molecular formula is C19H20FN7O3. The molecule has 0 bridgehead atoms. The molecule has 4 rings (SSSR count). The molecule has 1 aliphatic heterocycles. The van der Waals surface area contributed by atoms with Crippen LogP contribution in [0.5, 0.6) is 5.88 Å². The number of carbonyl (C=O) groups is 1. The number of hydrogen-bond acceptors (Lipinski definition) is 9. The maximum Gasteiger partial charge on any atom is 0.233 e. The van der Waals surface area contributed by atoms with Gasteiger partial charge in [0.1, 0.15) is 29.5 Å². The molecule has 1 aliphatic rings. The van der Waals surface area contributed by atoms with E-state index >= 15 is 0 Å². The molecule has 11 heteroatoms. The molecular weight excluding hydrogens is 393 g/mol. The van der Waals surface area contributed by atoms with Gasteiger partial charge in [-0.3, -0.25) is 14.7 Å². The Morgan fingerprint density at radius 2 is 2.00 bits per heavy atom. The van der Waals surface area contributed by atoms with Gasteiger partial charge in [0.05, 0.1) is 31.6 Å². The van der Waals surface area contributed by atoms with E-state index in [2.05, 4.69) is 25.5 Å². The van der Waals surface area contributed by atoms with E-state index in [1.807, 2.05) is 4.90 Å². The fraction of sp³-hybridized carbons (Fsp3) is 0.368. The first-order valence-corrected chi connectivity index (χ1v) is 9.40. The number of ether oxygens (including phenoxy) is 2. The average molecular weight is 413 g/mol. The van der Waals surface area contributed by atoms with E-state index in [9.17, 15) is 9.18 Å². The smallest absolute Gasteiger partial charge is 0.233 e. The quantitative estimate of drug-likeness (QED) is 0.522. The number of ketones is 1. The van der Waals surface area contributed by atoms with Crippen molar-refractivity contribution in [2.24, 2.45) is 7.05 Å². The Bertz CT molecular complexity index is 1000. The van der Waals surface area contributed by atoms with E-state index < -0.39 is 5.82 Å². The lowest BCUT2D eigenvalue weighted by Crippen LogP contribution is -2.39. The highest BCUT2D eigenvalue weighted by Gasteiger charge is 2.18. The Labute approximate surface area is 171 Å². The summed E-state index contributed by atoms with van der Waals surface area (Å²) in [7, 11) is 1.72. The maximum absolute atomic E-state index is 13.1. The number of pyridine rings is 1. The van der Waals surface area contributed by atoms with Crippen LogP contribution in [0.4, 0.5) is 4.39 Å². The van der Waals surface area contributed by atoms with Gasteiger partial charge in [-0.1, -0.05) is 5.21 Å². The summed E-state index contributed by atoms with van der Waals surface area (Å²) in [5, 5.41) is 16.0. The SMILES string of the molecule is Cn1nnc(-c2ccc(F)cn2)c1COc1ccc(C(=O)CN2CCOCC2)nn1. The van der Waals surface area contributed by atoms with Gasteiger partial charge < -0.3 is 9.47 Å². The fourth-order valence-electron chi connectivity index (χ4n) is 2.98. The van der Waals surface area contributed by atoms with Crippen LogP contribution >= 0.6 is 0 Å². The Balaban J connectivity index is 1.39. The van der Waals surface area contributed by atoms with Crippen LogP contribution in [0.2, 0.25) is 0 Å². The van der Waals surface area contributed by atoms with E-state index in [4.69, 9.17) is 9.47 Å². The molecule has 0 saturated carbocycles. The number of carbonyl (C=O) groups excluding carboxylic acids is 1. The molecule has 0 atom stereocenters. The van der Waals surface area contributed by atoms with Crippen molar-refractivity contribution in [1.82, 2.24) is 35.1 Å². The van der Waals surface area contributed by atoms with Crippen LogP contribution in [0, 0.1) is 5.82 Å². The molecule has 0 aromatic carbocycles. The molecule has 1 fully saturated rings. The summed E-state index contributed by atoms with van der Waals surface area (Å²) in [6.45, 7) is 3.10. The number of aromatic nitrogens is 6. The monoisotopic (exact) mass is 413 g/mol. The minimum Gasteiger partial charge on any atom is -0.470 e. The van der Waals surface area contributed by atoms with E-state index in [-0.39, 0.29) is 30.5 Å². The number of aryl methyl sites for hydroxylation is 1. The number of halogens is 1. The number of morpholine rings is 1. The van der Waals surface area contributed by atoms with Crippen LogP contribution in [0.1, 0.15) is 16.2 Å². The van der Waals surface area contributed by atoms with Gasteiger partial charge >= 0.3 is 0 Å².